The van der Waals surface area contributed by atoms with Gasteiger partial charge in [-0.2, -0.15) is 0 Å². The summed E-state index contributed by atoms with van der Waals surface area (Å²) in [7, 11) is 1.92. The number of rotatable bonds is 5. The van der Waals surface area contributed by atoms with Crippen molar-refractivity contribution in [2.45, 2.75) is 51.7 Å². The molecule has 0 radical (unpaired) electrons. The van der Waals surface area contributed by atoms with Crippen LogP contribution in [0.5, 0.6) is 5.75 Å². The molecule has 4 nitrogen and oxygen atoms in total. The van der Waals surface area contributed by atoms with Crippen molar-refractivity contribution in [2.75, 3.05) is 7.05 Å². The molecule has 1 heterocycles. The summed E-state index contributed by atoms with van der Waals surface area (Å²) in [6.45, 7) is 4.93. The molecule has 4 heteroatoms. The molecule has 0 atom stereocenters. The van der Waals surface area contributed by atoms with Crippen molar-refractivity contribution in [1.82, 2.24) is 15.3 Å². The summed E-state index contributed by atoms with van der Waals surface area (Å²) in [5, 5.41) is 3.13. The molecule has 1 aromatic rings. The van der Waals surface area contributed by atoms with Gasteiger partial charge in [0.1, 0.15) is 5.82 Å². The summed E-state index contributed by atoms with van der Waals surface area (Å²) in [5.41, 5.74) is 0.970. The van der Waals surface area contributed by atoms with Crippen molar-refractivity contribution < 1.29 is 4.74 Å². The Morgan fingerprint density at radius 1 is 1.47 bits per heavy atom. The Kier molecular flexibility index (Phi) is 3.94. The van der Waals surface area contributed by atoms with Crippen molar-refractivity contribution >= 4 is 0 Å². The fraction of sp³-hybridized carbons (Fsp3) is 0.692. The maximum atomic E-state index is 5.90. The molecule has 94 valence electrons. The van der Waals surface area contributed by atoms with Crippen LogP contribution in [0.25, 0.3) is 0 Å². The van der Waals surface area contributed by atoms with Crippen molar-refractivity contribution in [3.05, 3.63) is 17.7 Å². The molecule has 2 rings (SSSR count). The number of nitrogens with one attached hydrogen (secondary N) is 1. The third-order valence-corrected chi connectivity index (χ3v) is 3.05. The molecule has 0 spiro atoms. The highest BCUT2D eigenvalue weighted by Crippen LogP contribution is 2.27. The van der Waals surface area contributed by atoms with Crippen LogP contribution < -0.4 is 10.1 Å². The van der Waals surface area contributed by atoms with E-state index >= 15 is 0 Å². The van der Waals surface area contributed by atoms with Gasteiger partial charge in [0.15, 0.2) is 5.75 Å². The van der Waals surface area contributed by atoms with E-state index in [1.54, 1.807) is 0 Å². The smallest absolute Gasteiger partial charge is 0.160 e. The van der Waals surface area contributed by atoms with Gasteiger partial charge in [0.2, 0.25) is 0 Å². The number of nitrogens with zero attached hydrogens (tertiary/aromatic N) is 2. The van der Waals surface area contributed by atoms with Crippen LogP contribution in [0.3, 0.4) is 0 Å². The highest BCUT2D eigenvalue weighted by Gasteiger charge is 2.21. The van der Waals surface area contributed by atoms with Gasteiger partial charge in [-0.15, -0.1) is 0 Å². The van der Waals surface area contributed by atoms with E-state index in [2.05, 4.69) is 29.1 Å². The average Bonchev–Trinajstić information content (AvgIpc) is 2.25. The first-order valence-electron chi connectivity index (χ1n) is 6.37. The summed E-state index contributed by atoms with van der Waals surface area (Å²) in [6.07, 6.45) is 5.79. The highest BCUT2D eigenvalue weighted by molar-refractivity contribution is 5.25. The van der Waals surface area contributed by atoms with Crippen LogP contribution in [0.1, 0.15) is 50.5 Å². The van der Waals surface area contributed by atoms with Gasteiger partial charge in [0.25, 0.3) is 0 Å². The summed E-state index contributed by atoms with van der Waals surface area (Å²) in [6, 6.07) is 0. The van der Waals surface area contributed by atoms with Gasteiger partial charge in [-0.1, -0.05) is 13.8 Å². The van der Waals surface area contributed by atoms with Crippen LogP contribution in [-0.4, -0.2) is 23.1 Å². The van der Waals surface area contributed by atoms with Crippen LogP contribution >= 0.6 is 0 Å². The average molecular weight is 235 g/mol. The second kappa shape index (κ2) is 5.45. The van der Waals surface area contributed by atoms with Crippen LogP contribution in [0.2, 0.25) is 0 Å². The molecular weight excluding hydrogens is 214 g/mol. The Morgan fingerprint density at radius 3 is 2.76 bits per heavy atom. The van der Waals surface area contributed by atoms with Crippen molar-refractivity contribution in [1.29, 1.82) is 0 Å². The quantitative estimate of drug-likeness (QED) is 0.850. The number of hydrogen-bond donors (Lipinski definition) is 1. The number of ether oxygens (including phenoxy) is 1. The molecule has 1 aliphatic rings. The lowest BCUT2D eigenvalue weighted by Crippen LogP contribution is -2.26. The second-order valence-corrected chi connectivity index (χ2v) is 4.89. The first-order chi connectivity index (χ1) is 8.20. The first kappa shape index (κ1) is 12.3. The molecule has 0 bridgehead atoms. The Morgan fingerprint density at radius 2 is 2.24 bits per heavy atom. The van der Waals surface area contributed by atoms with Gasteiger partial charge >= 0.3 is 0 Å². The summed E-state index contributed by atoms with van der Waals surface area (Å²) in [4.78, 5) is 8.94. The van der Waals surface area contributed by atoms with Gasteiger partial charge in [-0.25, -0.2) is 9.97 Å². The Hall–Kier alpha value is -1.16. The van der Waals surface area contributed by atoms with E-state index in [0.717, 1.165) is 36.7 Å². The van der Waals surface area contributed by atoms with Crippen molar-refractivity contribution in [2.24, 2.45) is 0 Å². The third kappa shape index (κ3) is 2.94. The van der Waals surface area contributed by atoms with Gasteiger partial charge in [0, 0.05) is 12.5 Å². The molecule has 1 aromatic heterocycles. The monoisotopic (exact) mass is 235 g/mol. The van der Waals surface area contributed by atoms with E-state index < -0.39 is 0 Å². The third-order valence-electron chi connectivity index (χ3n) is 3.05. The predicted octanol–water partition coefficient (Wildman–Crippen LogP) is 2.25. The zero-order chi connectivity index (χ0) is 12.3. The molecule has 0 unspecified atom stereocenters. The SMILES string of the molecule is CNCc1nc(C(C)C)ncc1OC1CCC1. The van der Waals surface area contributed by atoms with E-state index in [1.165, 1.54) is 6.42 Å². The minimum Gasteiger partial charge on any atom is -0.487 e. The van der Waals surface area contributed by atoms with E-state index in [4.69, 9.17) is 4.74 Å². The van der Waals surface area contributed by atoms with Gasteiger partial charge in [-0.3, -0.25) is 0 Å². The fourth-order valence-electron chi connectivity index (χ4n) is 1.76. The van der Waals surface area contributed by atoms with Gasteiger partial charge < -0.3 is 10.1 Å². The van der Waals surface area contributed by atoms with Crippen molar-refractivity contribution in [3.63, 3.8) is 0 Å². The molecule has 0 amide bonds. The molecule has 0 saturated heterocycles. The maximum absolute atomic E-state index is 5.90. The number of hydrogen-bond acceptors (Lipinski definition) is 4. The van der Waals surface area contributed by atoms with E-state index in [9.17, 15) is 0 Å². The van der Waals surface area contributed by atoms with E-state index in [0.29, 0.717) is 12.0 Å². The lowest BCUT2D eigenvalue weighted by Gasteiger charge is -2.27. The zero-order valence-corrected chi connectivity index (χ0v) is 10.9. The van der Waals surface area contributed by atoms with Gasteiger partial charge in [-0.05, 0) is 26.3 Å². The first-order valence-corrected chi connectivity index (χ1v) is 6.37. The predicted molar refractivity (Wildman–Crippen MR) is 67.2 cm³/mol. The summed E-state index contributed by atoms with van der Waals surface area (Å²) < 4.78 is 5.90. The maximum Gasteiger partial charge on any atom is 0.160 e. The Labute approximate surface area is 103 Å². The highest BCUT2D eigenvalue weighted by atomic mass is 16.5. The molecular formula is C13H21N3O. The minimum atomic E-state index is 0.350. The lowest BCUT2D eigenvalue weighted by molar-refractivity contribution is 0.117. The lowest BCUT2D eigenvalue weighted by atomic mass is 9.96. The molecule has 1 N–H and O–H groups in total. The Bertz CT molecular complexity index is 375. The normalized spacial score (nSPS) is 16.0. The van der Waals surface area contributed by atoms with Gasteiger partial charge in [0.05, 0.1) is 18.0 Å². The minimum absolute atomic E-state index is 0.350. The topological polar surface area (TPSA) is 47.0 Å². The molecule has 1 fully saturated rings. The van der Waals surface area contributed by atoms with E-state index in [1.807, 2.05) is 13.2 Å². The fourth-order valence-corrected chi connectivity index (χ4v) is 1.76. The zero-order valence-electron chi connectivity index (χ0n) is 10.9. The Balaban J connectivity index is 2.17. The molecule has 1 aliphatic carbocycles. The van der Waals surface area contributed by atoms with Crippen LogP contribution in [-0.2, 0) is 6.54 Å². The van der Waals surface area contributed by atoms with Crippen LogP contribution in [0.4, 0.5) is 0 Å². The molecule has 0 aliphatic heterocycles. The van der Waals surface area contributed by atoms with Crippen LogP contribution in [0, 0.1) is 0 Å². The standard InChI is InChI=1S/C13H21N3O/c1-9(2)13-15-8-12(11(16-13)7-14-3)17-10-5-4-6-10/h8-10,14H,4-7H2,1-3H3. The molecule has 1 saturated carbocycles. The number of aromatic nitrogens is 2. The molecule has 17 heavy (non-hydrogen) atoms. The molecule has 0 aromatic carbocycles. The summed E-state index contributed by atoms with van der Waals surface area (Å²) >= 11 is 0. The van der Waals surface area contributed by atoms with E-state index in [-0.39, 0.29) is 0 Å². The largest absolute Gasteiger partial charge is 0.487 e. The second-order valence-electron chi connectivity index (χ2n) is 4.89. The van der Waals surface area contributed by atoms with Crippen molar-refractivity contribution in [3.8, 4) is 5.75 Å². The summed E-state index contributed by atoms with van der Waals surface area (Å²) in [5.74, 6) is 2.08. The van der Waals surface area contributed by atoms with Crippen LogP contribution in [0.15, 0.2) is 6.20 Å².